The van der Waals surface area contributed by atoms with Crippen LogP contribution in [-0.4, -0.2) is 40.8 Å². The van der Waals surface area contributed by atoms with Gasteiger partial charge in [0.05, 0.1) is 22.1 Å². The van der Waals surface area contributed by atoms with Gasteiger partial charge in [0.25, 0.3) is 11.1 Å². The maximum atomic E-state index is 13.1. The Kier molecular flexibility index (Phi) is 6.98. The van der Waals surface area contributed by atoms with Crippen LogP contribution in [0, 0.1) is 9.39 Å². The highest BCUT2D eigenvalue weighted by Crippen LogP contribution is 2.37. The average Bonchev–Trinajstić information content (AvgIpc) is 2.95. The zero-order chi connectivity index (χ0) is 21.8. The summed E-state index contributed by atoms with van der Waals surface area (Å²) in [6, 6.07) is 8.86. The van der Waals surface area contributed by atoms with E-state index in [0.717, 1.165) is 16.7 Å². The molecule has 0 saturated carbocycles. The van der Waals surface area contributed by atoms with Gasteiger partial charge in [-0.1, -0.05) is 12.1 Å². The van der Waals surface area contributed by atoms with Crippen molar-refractivity contribution >= 4 is 57.5 Å². The Balaban J connectivity index is 1.83. The van der Waals surface area contributed by atoms with Gasteiger partial charge in [0.2, 0.25) is 0 Å². The van der Waals surface area contributed by atoms with Crippen LogP contribution in [0.2, 0.25) is 0 Å². The van der Waals surface area contributed by atoms with Gasteiger partial charge in [-0.05, 0) is 75.8 Å². The maximum absolute atomic E-state index is 13.1. The quantitative estimate of drug-likeness (QED) is 0.415. The third kappa shape index (κ3) is 5.11. The zero-order valence-electron chi connectivity index (χ0n) is 15.6. The molecular weight excluding hydrogens is 528 g/mol. The minimum atomic E-state index is -1.12. The molecule has 1 fully saturated rings. The van der Waals surface area contributed by atoms with Crippen LogP contribution in [0.1, 0.15) is 11.1 Å². The number of thioether (sulfide) groups is 1. The predicted octanol–water partition coefficient (Wildman–Crippen LogP) is 4.14. The minimum absolute atomic E-state index is 0.0467. The van der Waals surface area contributed by atoms with Gasteiger partial charge in [0.15, 0.2) is 18.1 Å². The van der Waals surface area contributed by atoms with Gasteiger partial charge >= 0.3 is 5.97 Å². The average molecular weight is 543 g/mol. The maximum Gasteiger partial charge on any atom is 0.341 e. The predicted molar refractivity (Wildman–Crippen MR) is 117 cm³/mol. The molecule has 0 aromatic heterocycles. The van der Waals surface area contributed by atoms with Crippen molar-refractivity contribution in [3.8, 4) is 11.5 Å². The van der Waals surface area contributed by atoms with Crippen molar-refractivity contribution in [2.45, 2.75) is 6.54 Å². The van der Waals surface area contributed by atoms with Gasteiger partial charge in [0.1, 0.15) is 5.82 Å². The lowest BCUT2D eigenvalue weighted by atomic mass is 10.1. The van der Waals surface area contributed by atoms with E-state index in [1.807, 2.05) is 22.6 Å². The number of methoxy groups -OCH3 is 1. The highest BCUT2D eigenvalue weighted by molar-refractivity contribution is 14.1. The molecule has 2 aromatic rings. The number of hydrogen-bond donors (Lipinski definition) is 1. The molecule has 1 heterocycles. The Morgan fingerprint density at radius 3 is 2.60 bits per heavy atom. The molecule has 1 aliphatic rings. The molecule has 1 saturated heterocycles. The first-order valence-corrected chi connectivity index (χ1v) is 10.4. The number of hydrogen-bond acceptors (Lipinski definition) is 6. The molecule has 0 radical (unpaired) electrons. The fourth-order valence-corrected chi connectivity index (χ4v) is 4.28. The first kappa shape index (κ1) is 22.1. The van der Waals surface area contributed by atoms with Crippen molar-refractivity contribution in [2.75, 3.05) is 13.7 Å². The summed E-state index contributed by atoms with van der Waals surface area (Å²) >= 11 is 2.78. The second-order valence-corrected chi connectivity index (χ2v) is 8.27. The lowest BCUT2D eigenvalue weighted by molar-refractivity contribution is -0.139. The van der Waals surface area contributed by atoms with Crippen molar-refractivity contribution < 1.29 is 33.4 Å². The second-order valence-electron chi connectivity index (χ2n) is 6.11. The first-order valence-electron chi connectivity index (χ1n) is 8.50. The fourth-order valence-electron chi connectivity index (χ4n) is 2.66. The molecule has 30 heavy (non-hydrogen) atoms. The van der Waals surface area contributed by atoms with Crippen LogP contribution in [0.25, 0.3) is 6.08 Å². The summed E-state index contributed by atoms with van der Waals surface area (Å²) in [7, 11) is 1.42. The largest absolute Gasteiger partial charge is 0.493 e. The van der Waals surface area contributed by atoms with Crippen LogP contribution in [0.4, 0.5) is 9.18 Å². The van der Waals surface area contributed by atoms with Crippen LogP contribution >= 0.6 is 34.4 Å². The monoisotopic (exact) mass is 543 g/mol. The third-order valence-electron chi connectivity index (χ3n) is 4.02. The number of imide groups is 1. The van der Waals surface area contributed by atoms with E-state index in [-0.39, 0.29) is 17.2 Å². The van der Waals surface area contributed by atoms with Crippen molar-refractivity contribution in [3.05, 3.63) is 61.8 Å². The van der Waals surface area contributed by atoms with Gasteiger partial charge in [0, 0.05) is 0 Å². The molecule has 0 atom stereocenters. The van der Waals surface area contributed by atoms with Crippen LogP contribution < -0.4 is 9.47 Å². The lowest BCUT2D eigenvalue weighted by Crippen LogP contribution is -2.27. The van der Waals surface area contributed by atoms with E-state index in [0.29, 0.717) is 20.4 Å². The summed E-state index contributed by atoms with van der Waals surface area (Å²) in [5, 5.41) is 8.38. The Hall–Kier alpha value is -2.60. The van der Waals surface area contributed by atoms with Crippen molar-refractivity contribution in [1.82, 2.24) is 4.90 Å². The number of benzene rings is 2. The number of carbonyl (C=O) groups is 3. The van der Waals surface area contributed by atoms with E-state index in [1.54, 1.807) is 18.2 Å². The first-order chi connectivity index (χ1) is 14.3. The van der Waals surface area contributed by atoms with Crippen LogP contribution in [-0.2, 0) is 16.1 Å². The highest BCUT2D eigenvalue weighted by Gasteiger charge is 2.35. The molecule has 0 spiro atoms. The highest BCUT2D eigenvalue weighted by atomic mass is 127. The number of halogens is 2. The SMILES string of the molecule is COc1cc(C=C2SC(=O)N(Cc3ccc(F)cc3)C2=O)cc(I)c1OCC(=O)O. The van der Waals surface area contributed by atoms with Gasteiger partial charge in [-0.3, -0.25) is 14.5 Å². The summed E-state index contributed by atoms with van der Waals surface area (Å²) in [4.78, 5) is 37.1. The number of nitrogens with zero attached hydrogens (tertiary/aromatic N) is 1. The number of aliphatic carboxylic acids is 1. The molecule has 2 aromatic carbocycles. The van der Waals surface area contributed by atoms with E-state index >= 15 is 0 Å². The van der Waals surface area contributed by atoms with Crippen molar-refractivity contribution in [1.29, 1.82) is 0 Å². The Morgan fingerprint density at radius 1 is 1.27 bits per heavy atom. The van der Waals surface area contributed by atoms with Crippen LogP contribution in [0.15, 0.2) is 41.3 Å². The molecule has 0 unspecified atom stereocenters. The number of carboxylic acids is 1. The van der Waals surface area contributed by atoms with Gasteiger partial charge < -0.3 is 14.6 Å². The van der Waals surface area contributed by atoms with Gasteiger partial charge in [-0.15, -0.1) is 0 Å². The number of rotatable bonds is 7. The second kappa shape index (κ2) is 9.47. The molecule has 2 amide bonds. The Labute approximate surface area is 189 Å². The molecule has 0 aliphatic carbocycles. The lowest BCUT2D eigenvalue weighted by Gasteiger charge is -2.13. The number of carbonyl (C=O) groups excluding carboxylic acids is 2. The molecule has 156 valence electrons. The van der Waals surface area contributed by atoms with E-state index in [1.165, 1.54) is 31.4 Å². The number of amides is 2. The zero-order valence-corrected chi connectivity index (χ0v) is 18.5. The molecule has 3 rings (SSSR count). The third-order valence-corrected chi connectivity index (χ3v) is 5.73. The summed E-state index contributed by atoms with van der Waals surface area (Å²) in [5.74, 6) is -1.38. The van der Waals surface area contributed by atoms with E-state index in [2.05, 4.69) is 0 Å². The van der Waals surface area contributed by atoms with E-state index in [4.69, 9.17) is 14.6 Å². The normalized spacial score (nSPS) is 15.0. The smallest absolute Gasteiger partial charge is 0.341 e. The molecule has 1 N–H and O–H groups in total. The Bertz CT molecular complexity index is 1040. The molecule has 10 heteroatoms. The molecule has 1 aliphatic heterocycles. The molecule has 7 nitrogen and oxygen atoms in total. The van der Waals surface area contributed by atoms with Gasteiger partial charge in [-0.25, -0.2) is 9.18 Å². The topological polar surface area (TPSA) is 93.1 Å². The van der Waals surface area contributed by atoms with Gasteiger partial charge in [-0.2, -0.15) is 0 Å². The summed E-state index contributed by atoms with van der Waals surface area (Å²) in [5.41, 5.74) is 1.22. The Morgan fingerprint density at radius 2 is 1.97 bits per heavy atom. The summed E-state index contributed by atoms with van der Waals surface area (Å²) < 4.78 is 24.2. The van der Waals surface area contributed by atoms with Crippen LogP contribution in [0.5, 0.6) is 11.5 Å². The summed E-state index contributed by atoms with van der Waals surface area (Å²) in [6.07, 6.45) is 1.56. The van der Waals surface area contributed by atoms with Crippen molar-refractivity contribution in [2.24, 2.45) is 0 Å². The standard InChI is InChI=1S/C20H15FINO6S/c1-28-15-7-12(6-14(22)18(15)29-10-17(24)25)8-16-19(26)23(20(27)30-16)9-11-2-4-13(21)5-3-11/h2-8H,9-10H2,1H3,(H,24,25). The van der Waals surface area contributed by atoms with E-state index < -0.39 is 29.5 Å². The molecular formula is C20H15FINO6S. The van der Waals surface area contributed by atoms with E-state index in [9.17, 15) is 18.8 Å². The number of ether oxygens (including phenoxy) is 2. The van der Waals surface area contributed by atoms with Crippen molar-refractivity contribution in [3.63, 3.8) is 0 Å². The number of carboxylic acid groups (broad SMARTS) is 1. The summed E-state index contributed by atoms with van der Waals surface area (Å²) in [6.45, 7) is -0.473. The minimum Gasteiger partial charge on any atom is -0.493 e. The fraction of sp³-hybridized carbons (Fsp3) is 0.150. The van der Waals surface area contributed by atoms with Crippen LogP contribution in [0.3, 0.4) is 0 Å². The molecule has 0 bridgehead atoms.